The van der Waals surface area contributed by atoms with Crippen LogP contribution in [0.4, 0.5) is 10.1 Å². The Labute approximate surface area is 131 Å². The molecule has 0 fully saturated rings. The Bertz CT molecular complexity index is 646. The van der Waals surface area contributed by atoms with Gasteiger partial charge in [0.1, 0.15) is 5.82 Å². The molecule has 0 saturated heterocycles. The van der Waals surface area contributed by atoms with E-state index >= 15 is 0 Å². The molecule has 2 rings (SSSR count). The highest BCUT2D eigenvalue weighted by Crippen LogP contribution is 2.17. The second kappa shape index (κ2) is 7.22. The number of para-hydroxylation sites is 1. The quantitative estimate of drug-likeness (QED) is 0.857. The molecule has 5 heteroatoms. The van der Waals surface area contributed by atoms with E-state index in [1.54, 1.807) is 24.3 Å². The van der Waals surface area contributed by atoms with Gasteiger partial charge in [-0.1, -0.05) is 28.1 Å². The molecule has 0 atom stereocenters. The van der Waals surface area contributed by atoms with Crippen molar-refractivity contribution in [1.29, 1.82) is 0 Å². The maximum atomic E-state index is 13.6. The fraction of sp³-hybridized carbons (Fsp3) is 0.188. The molecular weight excluding hydrogens is 335 g/mol. The highest BCUT2D eigenvalue weighted by molar-refractivity contribution is 9.10. The standard InChI is InChI=1S/C16H16BrFN2O/c1-2-19-15-6-4-3-5-13(15)16(21)20-10-11-9-12(17)7-8-14(11)18/h3-9,19H,2,10H2,1H3,(H,20,21). The average molecular weight is 351 g/mol. The van der Waals surface area contributed by atoms with E-state index in [2.05, 4.69) is 26.6 Å². The first-order valence-corrected chi connectivity index (χ1v) is 7.46. The largest absolute Gasteiger partial charge is 0.385 e. The number of halogens is 2. The molecule has 0 radical (unpaired) electrons. The number of rotatable bonds is 5. The van der Waals surface area contributed by atoms with Crippen LogP contribution in [0.3, 0.4) is 0 Å². The number of hydrogen-bond acceptors (Lipinski definition) is 2. The van der Waals surface area contributed by atoms with Crippen molar-refractivity contribution in [1.82, 2.24) is 5.32 Å². The minimum Gasteiger partial charge on any atom is -0.385 e. The minimum atomic E-state index is -0.335. The van der Waals surface area contributed by atoms with Crippen LogP contribution in [0.1, 0.15) is 22.8 Å². The number of carbonyl (C=O) groups excluding carboxylic acids is 1. The number of benzene rings is 2. The molecule has 2 aromatic carbocycles. The van der Waals surface area contributed by atoms with Crippen molar-refractivity contribution in [3.8, 4) is 0 Å². The third-order valence-corrected chi connectivity index (χ3v) is 3.48. The number of hydrogen-bond donors (Lipinski definition) is 2. The second-order valence-corrected chi connectivity index (χ2v) is 5.41. The van der Waals surface area contributed by atoms with E-state index in [1.165, 1.54) is 6.07 Å². The first kappa shape index (κ1) is 15.5. The third kappa shape index (κ3) is 4.04. The Balaban J connectivity index is 2.10. The average Bonchev–Trinajstić information content (AvgIpc) is 2.49. The van der Waals surface area contributed by atoms with E-state index in [9.17, 15) is 9.18 Å². The summed E-state index contributed by atoms with van der Waals surface area (Å²) in [5, 5.41) is 5.88. The predicted molar refractivity (Wildman–Crippen MR) is 85.9 cm³/mol. The van der Waals surface area contributed by atoms with Crippen LogP contribution >= 0.6 is 15.9 Å². The Morgan fingerprint density at radius 1 is 1.24 bits per heavy atom. The summed E-state index contributed by atoms with van der Waals surface area (Å²) >= 11 is 3.29. The fourth-order valence-electron chi connectivity index (χ4n) is 1.98. The Morgan fingerprint density at radius 3 is 2.76 bits per heavy atom. The summed E-state index contributed by atoms with van der Waals surface area (Å²) in [6.45, 7) is 2.83. The molecule has 2 aromatic rings. The van der Waals surface area contributed by atoms with Gasteiger partial charge in [0, 0.05) is 28.8 Å². The van der Waals surface area contributed by atoms with Crippen LogP contribution in [0.25, 0.3) is 0 Å². The van der Waals surface area contributed by atoms with Crippen molar-refractivity contribution in [3.05, 3.63) is 63.9 Å². The molecule has 0 spiro atoms. The van der Waals surface area contributed by atoms with Gasteiger partial charge in [0.05, 0.1) is 5.56 Å². The zero-order valence-corrected chi connectivity index (χ0v) is 13.2. The van der Waals surface area contributed by atoms with Crippen LogP contribution in [0.5, 0.6) is 0 Å². The van der Waals surface area contributed by atoms with Crippen molar-refractivity contribution in [2.45, 2.75) is 13.5 Å². The summed E-state index contributed by atoms with van der Waals surface area (Å²) in [5.74, 6) is -0.565. The van der Waals surface area contributed by atoms with Crippen LogP contribution in [-0.2, 0) is 6.54 Å². The monoisotopic (exact) mass is 350 g/mol. The Morgan fingerprint density at radius 2 is 2.00 bits per heavy atom. The normalized spacial score (nSPS) is 10.2. The first-order chi connectivity index (χ1) is 10.1. The van der Waals surface area contributed by atoms with Crippen molar-refractivity contribution < 1.29 is 9.18 Å². The zero-order valence-electron chi connectivity index (χ0n) is 11.6. The highest BCUT2D eigenvalue weighted by Gasteiger charge is 2.11. The molecule has 21 heavy (non-hydrogen) atoms. The summed E-state index contributed by atoms with van der Waals surface area (Å²) in [7, 11) is 0. The van der Waals surface area contributed by atoms with Gasteiger partial charge in [0.15, 0.2) is 0 Å². The number of anilines is 1. The molecule has 0 aliphatic heterocycles. The minimum absolute atomic E-state index is 0.143. The molecule has 0 heterocycles. The smallest absolute Gasteiger partial charge is 0.253 e. The van der Waals surface area contributed by atoms with Crippen molar-refractivity contribution in [2.75, 3.05) is 11.9 Å². The van der Waals surface area contributed by atoms with Crippen LogP contribution in [0.15, 0.2) is 46.9 Å². The first-order valence-electron chi connectivity index (χ1n) is 6.67. The summed E-state index contributed by atoms with van der Waals surface area (Å²) < 4.78 is 14.4. The molecular formula is C16H16BrFN2O. The number of carbonyl (C=O) groups is 1. The molecule has 0 aliphatic rings. The van der Waals surface area contributed by atoms with Crippen LogP contribution in [0.2, 0.25) is 0 Å². The van der Waals surface area contributed by atoms with Gasteiger partial charge in [0.2, 0.25) is 0 Å². The molecule has 0 aromatic heterocycles. The number of nitrogens with one attached hydrogen (secondary N) is 2. The van der Waals surface area contributed by atoms with Crippen LogP contribution in [-0.4, -0.2) is 12.5 Å². The summed E-state index contributed by atoms with van der Waals surface area (Å²) in [6, 6.07) is 11.9. The Hall–Kier alpha value is -1.88. The summed E-state index contributed by atoms with van der Waals surface area (Å²) in [6.07, 6.45) is 0. The molecule has 2 N–H and O–H groups in total. The van der Waals surface area contributed by atoms with E-state index in [0.29, 0.717) is 11.1 Å². The van der Waals surface area contributed by atoms with E-state index in [4.69, 9.17) is 0 Å². The molecule has 110 valence electrons. The molecule has 0 unspecified atom stereocenters. The van der Waals surface area contributed by atoms with E-state index in [0.717, 1.165) is 16.7 Å². The van der Waals surface area contributed by atoms with E-state index in [-0.39, 0.29) is 18.3 Å². The van der Waals surface area contributed by atoms with Gasteiger partial charge in [0.25, 0.3) is 5.91 Å². The predicted octanol–water partition coefficient (Wildman–Crippen LogP) is 3.95. The van der Waals surface area contributed by atoms with Gasteiger partial charge in [-0.2, -0.15) is 0 Å². The zero-order chi connectivity index (χ0) is 15.2. The van der Waals surface area contributed by atoms with Gasteiger partial charge in [-0.15, -0.1) is 0 Å². The van der Waals surface area contributed by atoms with Gasteiger partial charge in [-0.3, -0.25) is 4.79 Å². The highest BCUT2D eigenvalue weighted by atomic mass is 79.9. The van der Waals surface area contributed by atoms with Crippen molar-refractivity contribution >= 4 is 27.5 Å². The summed E-state index contributed by atoms with van der Waals surface area (Å²) in [4.78, 5) is 12.2. The fourth-order valence-corrected chi connectivity index (χ4v) is 2.38. The Kier molecular flexibility index (Phi) is 5.33. The van der Waals surface area contributed by atoms with Gasteiger partial charge in [-0.05, 0) is 37.3 Å². The SMILES string of the molecule is CCNc1ccccc1C(=O)NCc1cc(Br)ccc1F. The maximum Gasteiger partial charge on any atom is 0.253 e. The van der Waals surface area contributed by atoms with Gasteiger partial charge >= 0.3 is 0 Å². The number of amides is 1. The van der Waals surface area contributed by atoms with Gasteiger partial charge < -0.3 is 10.6 Å². The lowest BCUT2D eigenvalue weighted by Crippen LogP contribution is -2.24. The molecule has 3 nitrogen and oxygen atoms in total. The van der Waals surface area contributed by atoms with Gasteiger partial charge in [-0.25, -0.2) is 4.39 Å². The molecule has 0 aliphatic carbocycles. The second-order valence-electron chi connectivity index (χ2n) is 4.49. The lowest BCUT2D eigenvalue weighted by Gasteiger charge is -2.11. The molecule has 0 bridgehead atoms. The van der Waals surface area contributed by atoms with Crippen LogP contribution < -0.4 is 10.6 Å². The van der Waals surface area contributed by atoms with Crippen molar-refractivity contribution in [3.63, 3.8) is 0 Å². The summed E-state index contributed by atoms with van der Waals surface area (Å²) in [5.41, 5.74) is 1.76. The van der Waals surface area contributed by atoms with Crippen LogP contribution in [0, 0.1) is 5.82 Å². The third-order valence-electron chi connectivity index (χ3n) is 2.99. The lowest BCUT2D eigenvalue weighted by molar-refractivity contribution is 0.0951. The lowest BCUT2D eigenvalue weighted by atomic mass is 10.1. The van der Waals surface area contributed by atoms with Crippen molar-refractivity contribution in [2.24, 2.45) is 0 Å². The van der Waals surface area contributed by atoms with E-state index < -0.39 is 0 Å². The maximum absolute atomic E-state index is 13.6. The molecule has 0 saturated carbocycles. The van der Waals surface area contributed by atoms with E-state index in [1.807, 2.05) is 19.1 Å². The topological polar surface area (TPSA) is 41.1 Å². The molecule has 1 amide bonds.